The Hall–Kier alpha value is -3.31. The van der Waals surface area contributed by atoms with E-state index in [-0.39, 0.29) is 5.91 Å². The summed E-state index contributed by atoms with van der Waals surface area (Å²) in [5, 5.41) is 4.94. The molecule has 0 radical (unpaired) electrons. The van der Waals surface area contributed by atoms with Crippen LogP contribution in [0, 0.1) is 13.8 Å². The minimum atomic E-state index is -0.0685. The van der Waals surface area contributed by atoms with Crippen molar-refractivity contribution in [3.63, 3.8) is 0 Å². The maximum Gasteiger partial charge on any atom is 0.234 e. The fraction of sp³-hybridized carbons (Fsp3) is 0.120. The van der Waals surface area contributed by atoms with Gasteiger partial charge < -0.3 is 10.1 Å². The molecule has 0 aliphatic rings. The molecule has 1 N–H and O–H groups in total. The molecule has 0 fully saturated rings. The number of ether oxygens (including phenoxy) is 1. The number of benzene rings is 3. The second kappa shape index (κ2) is 9.01. The molecule has 0 saturated heterocycles. The summed E-state index contributed by atoms with van der Waals surface area (Å²) in [4.78, 5) is 17.1. The molecule has 0 saturated carbocycles. The lowest BCUT2D eigenvalue weighted by molar-refractivity contribution is -0.113. The first-order chi connectivity index (χ1) is 14.6. The highest BCUT2D eigenvalue weighted by atomic mass is 32.2. The monoisotopic (exact) mass is 414 g/mol. The SMILES string of the molecule is Cc1cc(SCC(=O)Nc2ccc(Oc3ccccc3)cc2)nc2c(C)cccc12. The van der Waals surface area contributed by atoms with Gasteiger partial charge in [0.2, 0.25) is 5.91 Å². The van der Waals surface area contributed by atoms with Gasteiger partial charge in [0.05, 0.1) is 16.3 Å². The van der Waals surface area contributed by atoms with Crippen LogP contribution in [-0.4, -0.2) is 16.6 Å². The number of nitrogens with one attached hydrogen (secondary N) is 1. The molecule has 150 valence electrons. The van der Waals surface area contributed by atoms with Gasteiger partial charge in [-0.3, -0.25) is 4.79 Å². The largest absolute Gasteiger partial charge is 0.457 e. The number of aromatic nitrogens is 1. The van der Waals surface area contributed by atoms with Crippen LogP contribution in [0.25, 0.3) is 10.9 Å². The number of carbonyl (C=O) groups excluding carboxylic acids is 1. The predicted molar refractivity (Wildman–Crippen MR) is 124 cm³/mol. The van der Waals surface area contributed by atoms with E-state index in [1.165, 1.54) is 17.3 Å². The van der Waals surface area contributed by atoms with Crippen LogP contribution < -0.4 is 10.1 Å². The molecule has 0 aliphatic carbocycles. The number of fused-ring (bicyclic) bond motifs is 1. The number of hydrogen-bond acceptors (Lipinski definition) is 4. The van der Waals surface area contributed by atoms with Crippen molar-refractivity contribution in [2.75, 3.05) is 11.1 Å². The van der Waals surface area contributed by atoms with Gasteiger partial charge in [0, 0.05) is 11.1 Å². The molecule has 0 aliphatic heterocycles. The third-order valence-corrected chi connectivity index (χ3v) is 5.60. The van der Waals surface area contributed by atoms with E-state index < -0.39 is 0 Å². The smallest absolute Gasteiger partial charge is 0.234 e. The van der Waals surface area contributed by atoms with E-state index in [0.717, 1.165) is 38.7 Å². The summed E-state index contributed by atoms with van der Waals surface area (Å²) >= 11 is 1.44. The second-order valence-electron chi connectivity index (χ2n) is 7.02. The van der Waals surface area contributed by atoms with Crippen LogP contribution in [0.15, 0.2) is 83.9 Å². The van der Waals surface area contributed by atoms with Crippen LogP contribution >= 0.6 is 11.8 Å². The second-order valence-corrected chi connectivity index (χ2v) is 8.02. The lowest BCUT2D eigenvalue weighted by atomic mass is 10.1. The predicted octanol–water partition coefficient (Wildman–Crippen LogP) is 6.37. The number of nitrogens with zero attached hydrogens (tertiary/aromatic N) is 1. The molecule has 0 unspecified atom stereocenters. The molecule has 4 rings (SSSR count). The summed E-state index contributed by atoms with van der Waals surface area (Å²) in [5.41, 5.74) is 4.04. The summed E-state index contributed by atoms with van der Waals surface area (Å²) in [6, 6.07) is 25.2. The summed E-state index contributed by atoms with van der Waals surface area (Å²) in [6.45, 7) is 4.13. The van der Waals surface area contributed by atoms with E-state index in [0.29, 0.717) is 5.75 Å². The number of para-hydroxylation sites is 2. The number of carbonyl (C=O) groups is 1. The van der Waals surface area contributed by atoms with Crippen LogP contribution in [0.2, 0.25) is 0 Å². The quantitative estimate of drug-likeness (QED) is 0.372. The van der Waals surface area contributed by atoms with Gasteiger partial charge in [-0.25, -0.2) is 4.98 Å². The van der Waals surface area contributed by atoms with E-state index in [1.807, 2.05) is 66.7 Å². The van der Waals surface area contributed by atoms with E-state index in [9.17, 15) is 4.79 Å². The zero-order chi connectivity index (χ0) is 20.9. The average molecular weight is 415 g/mol. The molecule has 1 heterocycles. The maximum absolute atomic E-state index is 12.4. The van der Waals surface area contributed by atoms with E-state index in [4.69, 9.17) is 9.72 Å². The summed E-state index contributed by atoms with van der Waals surface area (Å²) in [7, 11) is 0. The molecule has 0 spiro atoms. The summed E-state index contributed by atoms with van der Waals surface area (Å²) in [5.74, 6) is 1.73. The third-order valence-electron chi connectivity index (χ3n) is 4.69. The Morgan fingerprint density at radius 3 is 2.40 bits per heavy atom. The van der Waals surface area contributed by atoms with Crippen LogP contribution in [0.5, 0.6) is 11.5 Å². The molecule has 0 bridgehead atoms. The van der Waals surface area contributed by atoms with Crippen molar-refractivity contribution in [3.8, 4) is 11.5 Å². The third kappa shape index (κ3) is 4.81. The highest BCUT2D eigenvalue weighted by Gasteiger charge is 2.09. The number of thioether (sulfide) groups is 1. The van der Waals surface area contributed by atoms with E-state index in [2.05, 4.69) is 31.3 Å². The topological polar surface area (TPSA) is 51.2 Å². The molecular formula is C25H22N2O2S. The lowest BCUT2D eigenvalue weighted by Crippen LogP contribution is -2.14. The summed E-state index contributed by atoms with van der Waals surface area (Å²) < 4.78 is 5.77. The van der Waals surface area contributed by atoms with Crippen molar-refractivity contribution in [3.05, 3.63) is 90.0 Å². The number of aryl methyl sites for hydroxylation is 2. The Labute approximate surface area is 180 Å². The first-order valence-corrected chi connectivity index (χ1v) is 10.7. The van der Waals surface area contributed by atoms with Gasteiger partial charge in [0.25, 0.3) is 0 Å². The molecule has 4 nitrogen and oxygen atoms in total. The highest BCUT2D eigenvalue weighted by molar-refractivity contribution is 7.99. The van der Waals surface area contributed by atoms with E-state index in [1.54, 1.807) is 0 Å². The number of pyridine rings is 1. The number of anilines is 1. The zero-order valence-electron chi connectivity index (χ0n) is 16.9. The Balaban J connectivity index is 1.36. The Morgan fingerprint density at radius 2 is 1.63 bits per heavy atom. The van der Waals surface area contributed by atoms with Gasteiger partial charge in [-0.1, -0.05) is 48.2 Å². The van der Waals surface area contributed by atoms with Gasteiger partial charge in [-0.15, -0.1) is 0 Å². The molecule has 0 atom stereocenters. The highest BCUT2D eigenvalue weighted by Crippen LogP contribution is 2.26. The molecule has 4 aromatic rings. The van der Waals surface area contributed by atoms with Crippen molar-refractivity contribution in [1.29, 1.82) is 0 Å². The molecule has 5 heteroatoms. The Bertz CT molecular complexity index is 1180. The van der Waals surface area contributed by atoms with Gasteiger partial charge in [0.1, 0.15) is 11.5 Å². The number of hydrogen-bond donors (Lipinski definition) is 1. The van der Waals surface area contributed by atoms with Gasteiger partial charge in [-0.05, 0) is 67.4 Å². The zero-order valence-corrected chi connectivity index (χ0v) is 17.7. The van der Waals surface area contributed by atoms with Crippen molar-refractivity contribution in [1.82, 2.24) is 4.98 Å². The van der Waals surface area contributed by atoms with Crippen molar-refractivity contribution in [2.24, 2.45) is 0 Å². The van der Waals surface area contributed by atoms with E-state index >= 15 is 0 Å². The normalized spacial score (nSPS) is 10.7. The maximum atomic E-state index is 12.4. The lowest BCUT2D eigenvalue weighted by Gasteiger charge is -2.09. The van der Waals surface area contributed by atoms with Crippen LogP contribution in [-0.2, 0) is 4.79 Å². The minimum absolute atomic E-state index is 0.0685. The Morgan fingerprint density at radius 1 is 0.900 bits per heavy atom. The number of rotatable bonds is 6. The Kier molecular flexibility index (Phi) is 6.00. The first-order valence-electron chi connectivity index (χ1n) is 9.71. The van der Waals surface area contributed by atoms with Gasteiger partial charge in [0.15, 0.2) is 0 Å². The molecule has 1 aromatic heterocycles. The average Bonchev–Trinajstić information content (AvgIpc) is 2.75. The number of amides is 1. The minimum Gasteiger partial charge on any atom is -0.457 e. The molecule has 1 amide bonds. The standard InChI is InChI=1S/C25H22N2O2S/c1-17-7-6-10-22-18(2)15-24(27-25(17)22)30-16-23(28)26-19-11-13-21(14-12-19)29-20-8-4-3-5-9-20/h3-15H,16H2,1-2H3,(H,26,28). The van der Waals surface area contributed by atoms with Crippen molar-refractivity contribution < 1.29 is 9.53 Å². The molecule has 3 aromatic carbocycles. The molecular weight excluding hydrogens is 392 g/mol. The van der Waals surface area contributed by atoms with Crippen LogP contribution in [0.3, 0.4) is 0 Å². The fourth-order valence-corrected chi connectivity index (χ4v) is 3.94. The summed E-state index contributed by atoms with van der Waals surface area (Å²) in [6.07, 6.45) is 0. The van der Waals surface area contributed by atoms with Crippen LogP contribution in [0.4, 0.5) is 5.69 Å². The van der Waals surface area contributed by atoms with Gasteiger partial charge >= 0.3 is 0 Å². The fourth-order valence-electron chi connectivity index (χ4n) is 3.17. The van der Waals surface area contributed by atoms with Crippen LogP contribution in [0.1, 0.15) is 11.1 Å². The van der Waals surface area contributed by atoms with Crippen molar-refractivity contribution in [2.45, 2.75) is 18.9 Å². The first kappa shape index (κ1) is 20.0. The van der Waals surface area contributed by atoms with Crippen molar-refractivity contribution >= 4 is 34.3 Å². The molecule has 30 heavy (non-hydrogen) atoms. The van der Waals surface area contributed by atoms with Gasteiger partial charge in [-0.2, -0.15) is 0 Å².